The monoisotopic (exact) mass is 228 g/mol. The molecule has 1 atom stereocenters. The van der Waals surface area contributed by atoms with E-state index in [2.05, 4.69) is 10.3 Å². The van der Waals surface area contributed by atoms with Gasteiger partial charge in [-0.25, -0.2) is 4.98 Å². The molecule has 0 spiro atoms. The van der Waals surface area contributed by atoms with Gasteiger partial charge in [-0.05, 0) is 20.8 Å². The molecule has 1 aromatic heterocycles. The highest BCUT2D eigenvalue weighted by molar-refractivity contribution is 7.15. The zero-order chi connectivity index (χ0) is 11.6. The third-order valence-corrected chi connectivity index (χ3v) is 3.01. The van der Waals surface area contributed by atoms with Gasteiger partial charge in [-0.15, -0.1) is 11.3 Å². The molecule has 0 saturated carbocycles. The number of hydrogen-bond donors (Lipinski definition) is 2. The standard InChI is InChI=1S/C9H12N2O3S/c1-4(8(13)14)7(12)11-9-10-5(2)6(3)15-9/h4H,1-3H3,(H,13,14)(H,10,11,12). The molecule has 0 aromatic carbocycles. The number of anilines is 1. The zero-order valence-electron chi connectivity index (χ0n) is 8.70. The second-order valence-corrected chi connectivity index (χ2v) is 4.41. The third kappa shape index (κ3) is 2.76. The fraction of sp³-hybridized carbons (Fsp3) is 0.444. The van der Waals surface area contributed by atoms with Crippen molar-refractivity contribution in [2.75, 3.05) is 5.32 Å². The maximum Gasteiger partial charge on any atom is 0.315 e. The van der Waals surface area contributed by atoms with Crippen LogP contribution in [0.25, 0.3) is 0 Å². The summed E-state index contributed by atoms with van der Waals surface area (Å²) < 4.78 is 0. The predicted octanol–water partition coefficient (Wildman–Crippen LogP) is 1.42. The highest BCUT2D eigenvalue weighted by Gasteiger charge is 2.21. The van der Waals surface area contributed by atoms with E-state index in [4.69, 9.17) is 5.11 Å². The molecule has 1 heterocycles. The first kappa shape index (κ1) is 11.6. The average Bonchev–Trinajstić information content (AvgIpc) is 2.44. The number of carboxylic acid groups (broad SMARTS) is 1. The lowest BCUT2D eigenvalue weighted by Gasteiger charge is -2.04. The fourth-order valence-corrected chi connectivity index (χ4v) is 1.67. The minimum absolute atomic E-state index is 0.447. The average molecular weight is 228 g/mol. The van der Waals surface area contributed by atoms with Gasteiger partial charge < -0.3 is 10.4 Å². The Hall–Kier alpha value is -1.43. The van der Waals surface area contributed by atoms with Crippen molar-refractivity contribution in [2.45, 2.75) is 20.8 Å². The summed E-state index contributed by atoms with van der Waals surface area (Å²) in [5, 5.41) is 11.5. The Labute approximate surface area is 91.1 Å². The third-order valence-electron chi connectivity index (χ3n) is 2.02. The topological polar surface area (TPSA) is 79.3 Å². The highest BCUT2D eigenvalue weighted by atomic mass is 32.1. The van der Waals surface area contributed by atoms with E-state index in [0.29, 0.717) is 5.13 Å². The maximum absolute atomic E-state index is 11.3. The number of nitrogens with zero attached hydrogens (tertiary/aromatic N) is 1. The van der Waals surface area contributed by atoms with Gasteiger partial charge >= 0.3 is 5.97 Å². The van der Waals surface area contributed by atoms with Gasteiger partial charge in [0.2, 0.25) is 5.91 Å². The van der Waals surface area contributed by atoms with Gasteiger partial charge in [0.05, 0.1) is 5.69 Å². The lowest BCUT2D eigenvalue weighted by atomic mass is 10.2. The molecule has 1 unspecified atom stereocenters. The summed E-state index contributed by atoms with van der Waals surface area (Å²) in [6, 6.07) is 0. The van der Waals surface area contributed by atoms with Crippen LogP contribution < -0.4 is 5.32 Å². The summed E-state index contributed by atoms with van der Waals surface area (Å²) in [6.07, 6.45) is 0. The van der Waals surface area contributed by atoms with E-state index in [0.717, 1.165) is 10.6 Å². The Kier molecular flexibility index (Phi) is 3.41. The number of rotatable bonds is 3. The molecule has 0 saturated heterocycles. The van der Waals surface area contributed by atoms with Gasteiger partial charge in [0.15, 0.2) is 5.13 Å². The molecule has 0 aliphatic heterocycles. The number of hydrogen-bond acceptors (Lipinski definition) is 4. The van der Waals surface area contributed by atoms with E-state index in [1.54, 1.807) is 0 Å². The molecular formula is C9H12N2O3S. The minimum atomic E-state index is -1.14. The van der Waals surface area contributed by atoms with Gasteiger partial charge in [0.25, 0.3) is 0 Å². The van der Waals surface area contributed by atoms with Crippen LogP contribution in [0.5, 0.6) is 0 Å². The molecule has 1 amide bonds. The van der Waals surface area contributed by atoms with Crippen molar-refractivity contribution in [3.05, 3.63) is 10.6 Å². The van der Waals surface area contributed by atoms with E-state index in [1.165, 1.54) is 18.3 Å². The first-order chi connectivity index (χ1) is 6.91. The molecule has 6 heteroatoms. The van der Waals surface area contributed by atoms with E-state index in [-0.39, 0.29) is 0 Å². The van der Waals surface area contributed by atoms with Crippen LogP contribution in [0, 0.1) is 19.8 Å². The van der Waals surface area contributed by atoms with Crippen molar-refractivity contribution in [1.29, 1.82) is 0 Å². The summed E-state index contributed by atoms with van der Waals surface area (Å²) in [6.45, 7) is 5.07. The molecule has 15 heavy (non-hydrogen) atoms. The molecule has 0 aliphatic carbocycles. The Bertz CT molecular complexity index is 381. The normalized spacial score (nSPS) is 12.2. The summed E-state index contributed by atoms with van der Waals surface area (Å²) in [5.41, 5.74) is 0.846. The van der Waals surface area contributed by atoms with Gasteiger partial charge in [-0.1, -0.05) is 0 Å². The molecule has 5 nitrogen and oxygen atoms in total. The molecule has 0 bridgehead atoms. The molecular weight excluding hydrogens is 216 g/mol. The van der Waals surface area contributed by atoms with E-state index < -0.39 is 17.8 Å². The van der Waals surface area contributed by atoms with Crippen molar-refractivity contribution < 1.29 is 14.7 Å². The number of carbonyl (C=O) groups excluding carboxylic acids is 1. The quantitative estimate of drug-likeness (QED) is 0.767. The molecule has 0 fully saturated rings. The minimum Gasteiger partial charge on any atom is -0.481 e. The van der Waals surface area contributed by atoms with Gasteiger partial charge in [0.1, 0.15) is 5.92 Å². The summed E-state index contributed by atoms with van der Waals surface area (Å²) >= 11 is 1.34. The van der Waals surface area contributed by atoms with E-state index in [1.807, 2.05) is 13.8 Å². The number of carboxylic acids is 1. The van der Waals surface area contributed by atoms with Crippen molar-refractivity contribution in [3.8, 4) is 0 Å². The lowest BCUT2D eigenvalue weighted by molar-refractivity contribution is -0.144. The van der Waals surface area contributed by atoms with Gasteiger partial charge in [-0.2, -0.15) is 0 Å². The van der Waals surface area contributed by atoms with Crippen LogP contribution in [0.15, 0.2) is 0 Å². The Morgan fingerprint density at radius 2 is 2.07 bits per heavy atom. The molecule has 82 valence electrons. The van der Waals surface area contributed by atoms with Crippen molar-refractivity contribution in [2.24, 2.45) is 5.92 Å². The number of nitrogens with one attached hydrogen (secondary N) is 1. The summed E-state index contributed by atoms with van der Waals surface area (Å²) in [5.74, 6) is -2.75. The van der Waals surface area contributed by atoms with Crippen LogP contribution in [-0.2, 0) is 9.59 Å². The SMILES string of the molecule is Cc1nc(NC(=O)C(C)C(=O)O)sc1C. The second kappa shape index (κ2) is 4.39. The van der Waals surface area contributed by atoms with Crippen LogP contribution in [0.1, 0.15) is 17.5 Å². The Morgan fingerprint density at radius 3 is 2.47 bits per heavy atom. The van der Waals surface area contributed by atoms with Crippen molar-refractivity contribution in [3.63, 3.8) is 0 Å². The Morgan fingerprint density at radius 1 is 1.47 bits per heavy atom. The van der Waals surface area contributed by atoms with Gasteiger partial charge in [-0.3, -0.25) is 9.59 Å². The second-order valence-electron chi connectivity index (χ2n) is 3.21. The number of aromatic nitrogens is 1. The van der Waals surface area contributed by atoms with Crippen LogP contribution >= 0.6 is 11.3 Å². The highest BCUT2D eigenvalue weighted by Crippen LogP contribution is 2.21. The van der Waals surface area contributed by atoms with Crippen LogP contribution in [-0.4, -0.2) is 22.0 Å². The molecule has 0 aliphatic rings. The number of aryl methyl sites for hydroxylation is 2. The number of amides is 1. The molecule has 1 rings (SSSR count). The summed E-state index contributed by atoms with van der Waals surface area (Å²) in [4.78, 5) is 27.0. The first-order valence-electron chi connectivity index (χ1n) is 4.39. The van der Waals surface area contributed by atoms with Crippen LogP contribution in [0.3, 0.4) is 0 Å². The largest absolute Gasteiger partial charge is 0.481 e. The van der Waals surface area contributed by atoms with Crippen LogP contribution in [0.4, 0.5) is 5.13 Å². The first-order valence-corrected chi connectivity index (χ1v) is 5.21. The number of carbonyl (C=O) groups is 2. The van der Waals surface area contributed by atoms with Crippen molar-refractivity contribution >= 4 is 28.3 Å². The number of aliphatic carboxylic acids is 1. The fourth-order valence-electron chi connectivity index (χ4n) is 0.852. The number of thiazole rings is 1. The van der Waals surface area contributed by atoms with Crippen molar-refractivity contribution in [1.82, 2.24) is 4.98 Å². The molecule has 1 aromatic rings. The smallest absolute Gasteiger partial charge is 0.315 e. The Balaban J connectivity index is 2.70. The maximum atomic E-state index is 11.3. The predicted molar refractivity (Wildman–Crippen MR) is 57.0 cm³/mol. The van der Waals surface area contributed by atoms with Crippen LogP contribution in [0.2, 0.25) is 0 Å². The lowest BCUT2D eigenvalue weighted by Crippen LogP contribution is -2.26. The van der Waals surface area contributed by atoms with E-state index >= 15 is 0 Å². The zero-order valence-corrected chi connectivity index (χ0v) is 9.51. The molecule has 2 N–H and O–H groups in total. The van der Waals surface area contributed by atoms with E-state index in [9.17, 15) is 9.59 Å². The summed E-state index contributed by atoms with van der Waals surface area (Å²) in [7, 11) is 0. The molecule has 0 radical (unpaired) electrons. The van der Waals surface area contributed by atoms with Gasteiger partial charge in [0, 0.05) is 4.88 Å².